The zero-order valence-corrected chi connectivity index (χ0v) is 13.6. The van der Waals surface area contributed by atoms with Gasteiger partial charge in [-0.1, -0.05) is 38.1 Å². The standard InChI is InChI=1S/C18H29NO2/c1-4-18(5-2,21-6-3)17(19)13-16-15-10-8-7-9-14(15)11-12-20-16/h7-10,16-17H,4-6,11-13,19H2,1-3H3. The number of rotatable bonds is 7. The van der Waals surface area contributed by atoms with Gasteiger partial charge in [0.05, 0.1) is 18.3 Å². The van der Waals surface area contributed by atoms with Crippen molar-refractivity contribution in [1.82, 2.24) is 0 Å². The minimum absolute atomic E-state index is 0.0105. The topological polar surface area (TPSA) is 44.5 Å². The highest BCUT2D eigenvalue weighted by Crippen LogP contribution is 2.34. The average molecular weight is 291 g/mol. The minimum atomic E-state index is -0.232. The maximum atomic E-state index is 6.54. The lowest BCUT2D eigenvalue weighted by molar-refractivity contribution is -0.0784. The molecule has 0 spiro atoms. The van der Waals surface area contributed by atoms with E-state index in [0.717, 1.165) is 32.3 Å². The first kappa shape index (κ1) is 16.5. The second-order valence-electron chi connectivity index (χ2n) is 5.86. The molecule has 0 bridgehead atoms. The summed E-state index contributed by atoms with van der Waals surface area (Å²) < 4.78 is 12.0. The van der Waals surface area contributed by atoms with Gasteiger partial charge in [0.2, 0.25) is 0 Å². The van der Waals surface area contributed by atoms with E-state index in [1.54, 1.807) is 0 Å². The summed E-state index contributed by atoms with van der Waals surface area (Å²) in [5.41, 5.74) is 9.01. The van der Waals surface area contributed by atoms with Crippen LogP contribution in [0.1, 0.15) is 57.3 Å². The second kappa shape index (κ2) is 7.39. The van der Waals surface area contributed by atoms with Crippen LogP contribution in [0.4, 0.5) is 0 Å². The summed E-state index contributed by atoms with van der Waals surface area (Å²) in [6, 6.07) is 8.55. The number of hydrogen-bond donors (Lipinski definition) is 1. The molecule has 1 aromatic carbocycles. The van der Waals surface area contributed by atoms with Gasteiger partial charge in [-0.2, -0.15) is 0 Å². The zero-order valence-electron chi connectivity index (χ0n) is 13.6. The SMILES string of the molecule is CCOC(CC)(CC)C(N)CC1OCCc2ccccc21. The molecule has 2 atom stereocenters. The van der Waals surface area contributed by atoms with E-state index in [9.17, 15) is 0 Å². The molecule has 21 heavy (non-hydrogen) atoms. The Morgan fingerprint density at radius 1 is 1.29 bits per heavy atom. The molecule has 3 heteroatoms. The molecule has 0 aliphatic carbocycles. The smallest absolute Gasteiger partial charge is 0.0843 e. The molecule has 0 amide bonds. The van der Waals surface area contributed by atoms with Gasteiger partial charge in [-0.05, 0) is 43.7 Å². The van der Waals surface area contributed by atoms with Crippen LogP contribution >= 0.6 is 0 Å². The molecule has 0 radical (unpaired) electrons. The summed E-state index contributed by atoms with van der Waals surface area (Å²) in [5, 5.41) is 0. The minimum Gasteiger partial charge on any atom is -0.374 e. The summed E-state index contributed by atoms with van der Waals surface area (Å²) in [4.78, 5) is 0. The van der Waals surface area contributed by atoms with Gasteiger partial charge in [-0.3, -0.25) is 0 Å². The monoisotopic (exact) mass is 291 g/mol. The van der Waals surface area contributed by atoms with Gasteiger partial charge in [0.25, 0.3) is 0 Å². The van der Waals surface area contributed by atoms with E-state index >= 15 is 0 Å². The lowest BCUT2D eigenvalue weighted by Crippen LogP contribution is -2.50. The zero-order chi connectivity index (χ0) is 15.3. The molecule has 0 aromatic heterocycles. The van der Waals surface area contributed by atoms with Crippen molar-refractivity contribution in [3.63, 3.8) is 0 Å². The van der Waals surface area contributed by atoms with E-state index in [-0.39, 0.29) is 17.7 Å². The normalized spacial score (nSPS) is 20.1. The maximum Gasteiger partial charge on any atom is 0.0843 e. The van der Waals surface area contributed by atoms with Gasteiger partial charge < -0.3 is 15.2 Å². The molecule has 1 heterocycles. The first-order valence-corrected chi connectivity index (χ1v) is 8.25. The number of benzene rings is 1. The van der Waals surface area contributed by atoms with E-state index in [1.165, 1.54) is 11.1 Å². The Labute approximate surface area is 128 Å². The van der Waals surface area contributed by atoms with E-state index in [0.29, 0.717) is 6.61 Å². The van der Waals surface area contributed by atoms with Crippen LogP contribution in [0.15, 0.2) is 24.3 Å². The molecule has 2 unspecified atom stereocenters. The van der Waals surface area contributed by atoms with Crippen molar-refractivity contribution < 1.29 is 9.47 Å². The average Bonchev–Trinajstić information content (AvgIpc) is 2.53. The van der Waals surface area contributed by atoms with Crippen molar-refractivity contribution in [2.45, 2.75) is 64.2 Å². The molecule has 2 N–H and O–H groups in total. The maximum absolute atomic E-state index is 6.54. The Balaban J connectivity index is 2.14. The third-order valence-corrected chi connectivity index (χ3v) is 4.86. The summed E-state index contributed by atoms with van der Waals surface area (Å²) >= 11 is 0. The number of ether oxygens (including phenoxy) is 2. The summed E-state index contributed by atoms with van der Waals surface area (Å²) in [5.74, 6) is 0. The summed E-state index contributed by atoms with van der Waals surface area (Å²) in [6.07, 6.45) is 3.79. The highest BCUT2D eigenvalue weighted by molar-refractivity contribution is 5.31. The van der Waals surface area contributed by atoms with E-state index in [2.05, 4.69) is 38.1 Å². The van der Waals surface area contributed by atoms with Crippen molar-refractivity contribution in [1.29, 1.82) is 0 Å². The Morgan fingerprint density at radius 2 is 2.00 bits per heavy atom. The fraction of sp³-hybridized carbons (Fsp3) is 0.667. The molecule has 2 rings (SSSR count). The van der Waals surface area contributed by atoms with E-state index in [1.807, 2.05) is 6.92 Å². The van der Waals surface area contributed by atoms with Crippen LogP contribution < -0.4 is 5.73 Å². The van der Waals surface area contributed by atoms with Gasteiger partial charge in [-0.25, -0.2) is 0 Å². The largest absolute Gasteiger partial charge is 0.374 e. The molecule has 3 nitrogen and oxygen atoms in total. The molecule has 118 valence electrons. The Morgan fingerprint density at radius 3 is 2.67 bits per heavy atom. The molecule has 1 aliphatic rings. The van der Waals surface area contributed by atoms with E-state index < -0.39 is 0 Å². The lowest BCUT2D eigenvalue weighted by Gasteiger charge is -2.39. The van der Waals surface area contributed by atoms with Gasteiger partial charge in [0, 0.05) is 12.6 Å². The molecular weight excluding hydrogens is 262 g/mol. The highest BCUT2D eigenvalue weighted by atomic mass is 16.5. The van der Waals surface area contributed by atoms with Gasteiger partial charge >= 0.3 is 0 Å². The van der Waals surface area contributed by atoms with Crippen LogP contribution in [-0.4, -0.2) is 24.9 Å². The number of hydrogen-bond acceptors (Lipinski definition) is 3. The van der Waals surface area contributed by atoms with E-state index in [4.69, 9.17) is 15.2 Å². The summed E-state index contributed by atoms with van der Waals surface area (Å²) in [7, 11) is 0. The van der Waals surface area contributed by atoms with Crippen LogP contribution in [0, 0.1) is 0 Å². The summed E-state index contributed by atoms with van der Waals surface area (Å²) in [6.45, 7) is 7.86. The molecule has 0 saturated heterocycles. The number of fused-ring (bicyclic) bond motifs is 1. The first-order valence-electron chi connectivity index (χ1n) is 8.25. The van der Waals surface area contributed by atoms with Gasteiger partial charge in [0.1, 0.15) is 0 Å². The van der Waals surface area contributed by atoms with Crippen molar-refractivity contribution in [3.05, 3.63) is 35.4 Å². The van der Waals surface area contributed by atoms with Crippen LogP contribution in [-0.2, 0) is 15.9 Å². The highest BCUT2D eigenvalue weighted by Gasteiger charge is 2.36. The second-order valence-corrected chi connectivity index (χ2v) is 5.86. The van der Waals surface area contributed by atoms with Crippen LogP contribution in [0.3, 0.4) is 0 Å². The fourth-order valence-electron chi connectivity index (χ4n) is 3.49. The predicted octanol–water partition coefficient (Wildman–Crippen LogP) is 3.61. The quantitative estimate of drug-likeness (QED) is 0.834. The Bertz CT molecular complexity index is 443. The molecule has 0 saturated carbocycles. The Hall–Kier alpha value is -0.900. The van der Waals surface area contributed by atoms with Crippen molar-refractivity contribution in [3.8, 4) is 0 Å². The molecule has 1 aliphatic heterocycles. The van der Waals surface area contributed by atoms with Crippen molar-refractivity contribution in [2.24, 2.45) is 5.73 Å². The first-order chi connectivity index (χ1) is 10.2. The number of nitrogens with two attached hydrogens (primary N) is 1. The fourth-order valence-corrected chi connectivity index (χ4v) is 3.49. The Kier molecular flexibility index (Phi) is 5.80. The van der Waals surface area contributed by atoms with Crippen LogP contribution in [0.5, 0.6) is 0 Å². The van der Waals surface area contributed by atoms with Crippen LogP contribution in [0.25, 0.3) is 0 Å². The predicted molar refractivity (Wildman–Crippen MR) is 86.4 cm³/mol. The van der Waals surface area contributed by atoms with Crippen LogP contribution in [0.2, 0.25) is 0 Å². The van der Waals surface area contributed by atoms with Gasteiger partial charge in [-0.15, -0.1) is 0 Å². The third kappa shape index (κ3) is 3.47. The van der Waals surface area contributed by atoms with Crippen molar-refractivity contribution in [2.75, 3.05) is 13.2 Å². The van der Waals surface area contributed by atoms with Gasteiger partial charge in [0.15, 0.2) is 0 Å². The van der Waals surface area contributed by atoms with Crippen molar-refractivity contribution >= 4 is 0 Å². The third-order valence-electron chi connectivity index (χ3n) is 4.86. The molecule has 1 aromatic rings. The molecule has 0 fully saturated rings. The lowest BCUT2D eigenvalue weighted by atomic mass is 9.83. The molecular formula is C18H29NO2.